The van der Waals surface area contributed by atoms with E-state index in [-0.39, 0.29) is 12.2 Å². The molecule has 1 atom stereocenters. The summed E-state index contributed by atoms with van der Waals surface area (Å²) in [5, 5.41) is 3.24. The molecule has 0 aliphatic carbocycles. The number of para-hydroxylation sites is 2. The van der Waals surface area contributed by atoms with E-state index in [1.165, 1.54) is 0 Å². The molecule has 0 unspecified atom stereocenters. The molecule has 0 aromatic heterocycles. The Hall–Kier alpha value is -2.37. The molecule has 5 nitrogen and oxygen atoms in total. The number of hydroxylamine groups is 1. The molecule has 2 N–H and O–H groups in total. The maximum Gasteiger partial charge on any atom is 0.277 e. The van der Waals surface area contributed by atoms with Gasteiger partial charge >= 0.3 is 0 Å². The van der Waals surface area contributed by atoms with Gasteiger partial charge in [-0.1, -0.05) is 30.3 Å². The lowest BCUT2D eigenvalue weighted by Crippen LogP contribution is -2.33. The van der Waals surface area contributed by atoms with Crippen molar-refractivity contribution in [2.45, 2.75) is 25.6 Å². The van der Waals surface area contributed by atoms with Crippen LogP contribution >= 0.6 is 0 Å². The third-order valence-corrected chi connectivity index (χ3v) is 3.65. The zero-order valence-corrected chi connectivity index (χ0v) is 12.8. The maximum absolute atomic E-state index is 12.4. The van der Waals surface area contributed by atoms with Crippen molar-refractivity contribution in [3.05, 3.63) is 60.2 Å². The zero-order chi connectivity index (χ0) is 15.9. The van der Waals surface area contributed by atoms with Gasteiger partial charge in [0.15, 0.2) is 6.29 Å². The summed E-state index contributed by atoms with van der Waals surface area (Å²) in [5.74, 6) is -0.293. The fourth-order valence-corrected chi connectivity index (χ4v) is 2.45. The summed E-state index contributed by atoms with van der Waals surface area (Å²) in [5.41, 5.74) is 4.66. The van der Waals surface area contributed by atoms with Gasteiger partial charge in [-0.3, -0.25) is 4.79 Å². The van der Waals surface area contributed by atoms with Crippen LogP contribution in [0.1, 0.15) is 29.6 Å². The van der Waals surface area contributed by atoms with Crippen molar-refractivity contribution in [1.82, 2.24) is 5.48 Å². The molecule has 1 saturated heterocycles. The van der Waals surface area contributed by atoms with Crippen LogP contribution < -0.4 is 10.8 Å². The Morgan fingerprint density at radius 2 is 1.83 bits per heavy atom. The van der Waals surface area contributed by atoms with Gasteiger partial charge in [0.25, 0.3) is 5.91 Å². The lowest BCUT2D eigenvalue weighted by atomic mass is 10.1. The molecule has 2 aromatic rings. The van der Waals surface area contributed by atoms with Crippen LogP contribution in [0.3, 0.4) is 0 Å². The molecule has 2 aromatic carbocycles. The Kier molecular flexibility index (Phi) is 5.24. The van der Waals surface area contributed by atoms with E-state index in [4.69, 9.17) is 9.57 Å². The number of rotatable bonds is 5. The van der Waals surface area contributed by atoms with Crippen molar-refractivity contribution >= 4 is 17.3 Å². The largest absolute Gasteiger partial charge is 0.355 e. The molecule has 1 heterocycles. The van der Waals surface area contributed by atoms with E-state index in [2.05, 4.69) is 10.8 Å². The molecule has 0 radical (unpaired) electrons. The zero-order valence-electron chi connectivity index (χ0n) is 12.8. The highest BCUT2D eigenvalue weighted by Gasteiger charge is 2.17. The first-order chi connectivity index (χ1) is 11.3. The van der Waals surface area contributed by atoms with Crippen LogP contribution in [0.25, 0.3) is 0 Å². The summed E-state index contributed by atoms with van der Waals surface area (Å²) < 4.78 is 5.44. The Balaban J connectivity index is 1.65. The van der Waals surface area contributed by atoms with Crippen molar-refractivity contribution < 1.29 is 14.4 Å². The molecule has 1 aliphatic rings. The summed E-state index contributed by atoms with van der Waals surface area (Å²) in [6, 6.07) is 17.0. The summed E-state index contributed by atoms with van der Waals surface area (Å²) in [4.78, 5) is 17.7. The van der Waals surface area contributed by atoms with Crippen LogP contribution in [0.2, 0.25) is 0 Å². The summed E-state index contributed by atoms with van der Waals surface area (Å²) in [7, 11) is 0. The Morgan fingerprint density at radius 1 is 1.04 bits per heavy atom. The van der Waals surface area contributed by atoms with Gasteiger partial charge in [-0.2, -0.15) is 0 Å². The average molecular weight is 312 g/mol. The molecule has 5 heteroatoms. The van der Waals surface area contributed by atoms with Crippen molar-refractivity contribution in [2.75, 3.05) is 11.9 Å². The Labute approximate surface area is 135 Å². The quantitative estimate of drug-likeness (QED) is 0.828. The highest BCUT2D eigenvalue weighted by Crippen LogP contribution is 2.21. The molecule has 23 heavy (non-hydrogen) atoms. The normalized spacial score (nSPS) is 17.5. The minimum atomic E-state index is -0.359. The molecular formula is C18H20N2O3. The second kappa shape index (κ2) is 7.76. The predicted octanol–water partition coefficient (Wildman–Crippen LogP) is 3.62. The van der Waals surface area contributed by atoms with Crippen molar-refractivity contribution in [1.29, 1.82) is 0 Å². The molecule has 120 valence electrons. The van der Waals surface area contributed by atoms with Gasteiger partial charge in [0.05, 0.1) is 11.3 Å². The number of nitrogens with one attached hydrogen (secondary N) is 2. The van der Waals surface area contributed by atoms with Crippen molar-refractivity contribution in [2.24, 2.45) is 0 Å². The first-order valence-corrected chi connectivity index (χ1v) is 7.81. The van der Waals surface area contributed by atoms with Crippen LogP contribution in [-0.2, 0) is 9.57 Å². The molecule has 1 fully saturated rings. The lowest BCUT2D eigenvalue weighted by molar-refractivity contribution is -0.186. The highest BCUT2D eigenvalue weighted by atomic mass is 16.8. The van der Waals surface area contributed by atoms with Crippen LogP contribution in [0.4, 0.5) is 11.4 Å². The van der Waals surface area contributed by atoms with Gasteiger partial charge < -0.3 is 10.1 Å². The molecule has 1 aliphatic heterocycles. The number of hydrogen-bond donors (Lipinski definition) is 2. The minimum absolute atomic E-state index is 0.293. The number of ether oxygens (including phenoxy) is 1. The van der Waals surface area contributed by atoms with Crippen LogP contribution in [0.15, 0.2) is 54.6 Å². The minimum Gasteiger partial charge on any atom is -0.355 e. The fourth-order valence-electron chi connectivity index (χ4n) is 2.45. The van der Waals surface area contributed by atoms with E-state index in [1.807, 2.05) is 48.5 Å². The summed E-state index contributed by atoms with van der Waals surface area (Å²) in [6.45, 7) is 0.673. The van der Waals surface area contributed by atoms with Gasteiger partial charge in [0, 0.05) is 18.7 Å². The molecule has 1 amide bonds. The fraction of sp³-hybridized carbons (Fsp3) is 0.278. The topological polar surface area (TPSA) is 59.6 Å². The summed E-state index contributed by atoms with van der Waals surface area (Å²) in [6.07, 6.45) is 2.52. The standard InChI is InChI=1S/C18H20N2O3/c21-18(20-23-17-12-6-7-13-22-17)15-10-4-5-11-16(15)19-14-8-2-1-3-9-14/h1-5,8-11,17,19H,6-7,12-13H2,(H,20,21)/t17-/m1/s1. The average Bonchev–Trinajstić information content (AvgIpc) is 2.62. The van der Waals surface area contributed by atoms with Gasteiger partial charge in [0.1, 0.15) is 0 Å². The molecule has 0 bridgehead atoms. The highest BCUT2D eigenvalue weighted by molar-refractivity contribution is 5.99. The third kappa shape index (κ3) is 4.31. The number of anilines is 2. The number of benzene rings is 2. The van der Waals surface area contributed by atoms with E-state index in [9.17, 15) is 4.79 Å². The molecular weight excluding hydrogens is 292 g/mol. The van der Waals surface area contributed by atoms with Crippen LogP contribution in [0, 0.1) is 0 Å². The lowest BCUT2D eigenvalue weighted by Gasteiger charge is -2.22. The second-order valence-corrected chi connectivity index (χ2v) is 5.38. The number of amides is 1. The van der Waals surface area contributed by atoms with E-state index in [0.29, 0.717) is 12.2 Å². The SMILES string of the molecule is O=C(NO[C@@H]1CCCCO1)c1ccccc1Nc1ccccc1. The monoisotopic (exact) mass is 312 g/mol. The first-order valence-electron chi connectivity index (χ1n) is 7.81. The number of hydrogen-bond acceptors (Lipinski definition) is 4. The second-order valence-electron chi connectivity index (χ2n) is 5.38. The van der Waals surface area contributed by atoms with Gasteiger partial charge in [-0.25, -0.2) is 10.3 Å². The van der Waals surface area contributed by atoms with E-state index in [0.717, 1.165) is 30.6 Å². The van der Waals surface area contributed by atoms with Gasteiger partial charge in [-0.15, -0.1) is 0 Å². The molecule has 0 spiro atoms. The van der Waals surface area contributed by atoms with Crippen molar-refractivity contribution in [3.63, 3.8) is 0 Å². The van der Waals surface area contributed by atoms with E-state index in [1.54, 1.807) is 6.07 Å². The van der Waals surface area contributed by atoms with Gasteiger partial charge in [0.2, 0.25) is 0 Å². The van der Waals surface area contributed by atoms with Crippen LogP contribution in [-0.4, -0.2) is 18.8 Å². The smallest absolute Gasteiger partial charge is 0.277 e. The van der Waals surface area contributed by atoms with E-state index >= 15 is 0 Å². The third-order valence-electron chi connectivity index (χ3n) is 3.65. The Bertz CT molecular complexity index is 640. The van der Waals surface area contributed by atoms with Crippen molar-refractivity contribution in [3.8, 4) is 0 Å². The van der Waals surface area contributed by atoms with Gasteiger partial charge in [-0.05, 0) is 37.1 Å². The van der Waals surface area contributed by atoms with Crippen LogP contribution in [0.5, 0.6) is 0 Å². The number of carbonyl (C=O) groups excluding carboxylic acids is 1. The van der Waals surface area contributed by atoms with E-state index < -0.39 is 0 Å². The predicted molar refractivity (Wildman–Crippen MR) is 88.3 cm³/mol. The maximum atomic E-state index is 12.4. The Morgan fingerprint density at radius 3 is 2.61 bits per heavy atom. The molecule has 3 rings (SSSR count). The first kappa shape index (κ1) is 15.5. The summed E-state index contributed by atoms with van der Waals surface area (Å²) >= 11 is 0. The molecule has 0 saturated carbocycles. The number of carbonyl (C=O) groups is 1.